The fourth-order valence-electron chi connectivity index (χ4n) is 2.79. The van der Waals surface area contributed by atoms with E-state index in [9.17, 15) is 0 Å². The van der Waals surface area contributed by atoms with Crippen molar-refractivity contribution in [2.75, 3.05) is 0 Å². The monoisotopic (exact) mass is 224 g/mol. The molecule has 0 radical (unpaired) electrons. The summed E-state index contributed by atoms with van der Waals surface area (Å²) < 4.78 is 0. The van der Waals surface area contributed by atoms with Gasteiger partial charge in [-0.2, -0.15) is 0 Å². The molecule has 0 N–H and O–H groups in total. The smallest absolute Gasteiger partial charge is 0.0626 e. The summed E-state index contributed by atoms with van der Waals surface area (Å²) in [5, 5.41) is 3.24. The van der Waals surface area contributed by atoms with Gasteiger partial charge in [0.25, 0.3) is 0 Å². The Morgan fingerprint density at radius 1 is 0.625 bits per heavy atom. The third-order valence-electron chi connectivity index (χ3n) is 3.86. The van der Waals surface area contributed by atoms with Crippen molar-refractivity contribution >= 4 is 18.4 Å². The summed E-state index contributed by atoms with van der Waals surface area (Å²) in [4.78, 5) is 0. The summed E-state index contributed by atoms with van der Waals surface area (Å²) in [5.74, 6) is 0. The van der Waals surface area contributed by atoms with Crippen molar-refractivity contribution in [3.63, 3.8) is 0 Å². The SMILES string of the molecule is c1ccc([Si]2(c3ccccc3)CCC2)cc1. The van der Waals surface area contributed by atoms with Gasteiger partial charge in [-0.25, -0.2) is 0 Å². The Morgan fingerprint density at radius 3 is 1.38 bits per heavy atom. The van der Waals surface area contributed by atoms with Gasteiger partial charge in [0, 0.05) is 0 Å². The van der Waals surface area contributed by atoms with E-state index in [0.717, 1.165) is 0 Å². The van der Waals surface area contributed by atoms with Crippen LogP contribution in [0.15, 0.2) is 60.7 Å². The second-order valence-corrected chi connectivity index (χ2v) is 8.99. The molecule has 1 fully saturated rings. The molecule has 80 valence electrons. The van der Waals surface area contributed by atoms with Crippen molar-refractivity contribution in [3.8, 4) is 0 Å². The Hall–Kier alpha value is -1.34. The third kappa shape index (κ3) is 1.43. The highest BCUT2D eigenvalue weighted by molar-refractivity contribution is 7.04. The van der Waals surface area contributed by atoms with E-state index in [0.29, 0.717) is 0 Å². The van der Waals surface area contributed by atoms with Crippen LogP contribution in [0.3, 0.4) is 0 Å². The van der Waals surface area contributed by atoms with Crippen LogP contribution in [0.25, 0.3) is 0 Å². The summed E-state index contributed by atoms with van der Waals surface area (Å²) in [5.41, 5.74) is 0. The lowest BCUT2D eigenvalue weighted by atomic mass is 10.4. The van der Waals surface area contributed by atoms with Gasteiger partial charge in [0.05, 0.1) is 0 Å². The van der Waals surface area contributed by atoms with Gasteiger partial charge in [-0.05, 0) is 12.1 Å². The van der Waals surface area contributed by atoms with Crippen molar-refractivity contribution in [1.82, 2.24) is 0 Å². The Kier molecular flexibility index (Phi) is 2.41. The van der Waals surface area contributed by atoms with E-state index in [1.165, 1.54) is 18.5 Å². The normalized spacial score (nSPS) is 17.8. The highest BCUT2D eigenvalue weighted by atomic mass is 28.3. The van der Waals surface area contributed by atoms with Gasteiger partial charge in [0.1, 0.15) is 8.07 Å². The maximum atomic E-state index is 2.33. The molecule has 0 saturated carbocycles. The molecule has 3 rings (SSSR count). The molecule has 2 aromatic rings. The van der Waals surface area contributed by atoms with Crippen LogP contribution < -0.4 is 10.4 Å². The first kappa shape index (κ1) is 9.85. The van der Waals surface area contributed by atoms with Gasteiger partial charge in [-0.3, -0.25) is 0 Å². The molecule has 1 saturated heterocycles. The van der Waals surface area contributed by atoms with Gasteiger partial charge in [0.2, 0.25) is 0 Å². The summed E-state index contributed by atoms with van der Waals surface area (Å²) in [7, 11) is -1.30. The zero-order chi connectivity index (χ0) is 10.8. The van der Waals surface area contributed by atoms with Gasteiger partial charge < -0.3 is 0 Å². The highest BCUT2D eigenvalue weighted by Gasteiger charge is 2.42. The van der Waals surface area contributed by atoms with Crippen molar-refractivity contribution < 1.29 is 0 Å². The predicted octanol–water partition coefficient (Wildman–Crippen LogP) is 2.65. The molecule has 0 aliphatic carbocycles. The molecular weight excluding hydrogens is 208 g/mol. The minimum atomic E-state index is -1.30. The number of hydrogen-bond acceptors (Lipinski definition) is 0. The lowest BCUT2D eigenvalue weighted by Crippen LogP contribution is -2.62. The summed E-state index contributed by atoms with van der Waals surface area (Å²) in [6, 6.07) is 25.2. The molecule has 0 nitrogen and oxygen atoms in total. The van der Waals surface area contributed by atoms with Crippen molar-refractivity contribution in [2.24, 2.45) is 0 Å². The molecule has 0 spiro atoms. The van der Waals surface area contributed by atoms with E-state index in [2.05, 4.69) is 60.7 Å². The van der Waals surface area contributed by atoms with Crippen LogP contribution in [0.4, 0.5) is 0 Å². The molecule has 0 bridgehead atoms. The van der Waals surface area contributed by atoms with E-state index >= 15 is 0 Å². The first-order chi connectivity index (χ1) is 7.92. The zero-order valence-corrected chi connectivity index (χ0v) is 10.4. The second-order valence-electron chi connectivity index (χ2n) is 4.67. The number of benzene rings is 2. The topological polar surface area (TPSA) is 0 Å². The lowest BCUT2D eigenvalue weighted by Gasteiger charge is -2.40. The molecule has 2 aromatic carbocycles. The van der Waals surface area contributed by atoms with E-state index < -0.39 is 8.07 Å². The van der Waals surface area contributed by atoms with Crippen LogP contribution in [0, 0.1) is 0 Å². The van der Waals surface area contributed by atoms with Crippen LogP contribution in [0.2, 0.25) is 12.1 Å². The van der Waals surface area contributed by atoms with E-state index in [-0.39, 0.29) is 0 Å². The average molecular weight is 224 g/mol. The minimum Gasteiger partial charge on any atom is -0.0626 e. The van der Waals surface area contributed by atoms with Gasteiger partial charge >= 0.3 is 0 Å². The van der Waals surface area contributed by atoms with Crippen LogP contribution in [0.5, 0.6) is 0 Å². The summed E-state index contributed by atoms with van der Waals surface area (Å²) in [6.07, 6.45) is 1.41. The van der Waals surface area contributed by atoms with Crippen LogP contribution in [0.1, 0.15) is 6.42 Å². The first-order valence-electron chi connectivity index (χ1n) is 6.03. The maximum Gasteiger partial charge on any atom is 0.118 e. The van der Waals surface area contributed by atoms with Gasteiger partial charge in [0.15, 0.2) is 0 Å². The molecular formula is C15H16Si. The van der Waals surface area contributed by atoms with E-state index in [4.69, 9.17) is 0 Å². The lowest BCUT2D eigenvalue weighted by molar-refractivity contribution is 0.927. The maximum absolute atomic E-state index is 2.33. The van der Waals surface area contributed by atoms with Crippen LogP contribution in [-0.4, -0.2) is 8.07 Å². The van der Waals surface area contributed by atoms with E-state index in [1.54, 1.807) is 10.4 Å². The first-order valence-corrected chi connectivity index (χ1v) is 8.44. The van der Waals surface area contributed by atoms with Gasteiger partial charge in [-0.15, -0.1) is 0 Å². The molecule has 16 heavy (non-hydrogen) atoms. The Balaban J connectivity index is 2.08. The molecule has 1 aliphatic rings. The largest absolute Gasteiger partial charge is 0.118 e. The molecule has 0 amide bonds. The summed E-state index contributed by atoms with van der Waals surface area (Å²) in [6.45, 7) is 0. The van der Waals surface area contributed by atoms with Crippen LogP contribution in [-0.2, 0) is 0 Å². The molecule has 1 heterocycles. The van der Waals surface area contributed by atoms with Gasteiger partial charge in [-0.1, -0.05) is 77.5 Å². The second kappa shape index (κ2) is 3.91. The molecule has 0 atom stereocenters. The number of rotatable bonds is 2. The third-order valence-corrected chi connectivity index (χ3v) is 9.15. The predicted molar refractivity (Wildman–Crippen MR) is 72.1 cm³/mol. The van der Waals surface area contributed by atoms with Crippen molar-refractivity contribution in [2.45, 2.75) is 18.5 Å². The van der Waals surface area contributed by atoms with Crippen LogP contribution >= 0.6 is 0 Å². The Bertz CT molecular complexity index is 416. The fraction of sp³-hybridized carbons (Fsp3) is 0.200. The molecule has 1 heteroatoms. The number of hydrogen-bond donors (Lipinski definition) is 0. The van der Waals surface area contributed by atoms with Crippen molar-refractivity contribution in [3.05, 3.63) is 60.7 Å². The van der Waals surface area contributed by atoms with E-state index in [1.807, 2.05) is 0 Å². The molecule has 0 aromatic heterocycles. The molecule has 1 aliphatic heterocycles. The fourth-order valence-corrected chi connectivity index (χ4v) is 7.00. The Morgan fingerprint density at radius 2 is 1.06 bits per heavy atom. The summed E-state index contributed by atoms with van der Waals surface area (Å²) >= 11 is 0. The highest BCUT2D eigenvalue weighted by Crippen LogP contribution is 2.31. The molecule has 0 unspecified atom stereocenters. The standard InChI is InChI=1S/C15H16Si/c1-3-8-14(9-4-1)16(12-7-13-16)15-10-5-2-6-11-15/h1-6,8-11H,7,12-13H2. The van der Waals surface area contributed by atoms with Crippen molar-refractivity contribution in [1.29, 1.82) is 0 Å². The quantitative estimate of drug-likeness (QED) is 0.688. The average Bonchev–Trinajstić information content (AvgIpc) is 2.31. The zero-order valence-electron chi connectivity index (χ0n) is 9.39. The minimum absolute atomic E-state index is 1.30. The Labute approximate surface area is 98.0 Å².